The maximum atomic E-state index is 12.4. The molecule has 0 saturated carbocycles. The minimum Gasteiger partial charge on any atom is -0.378 e. The Morgan fingerprint density at radius 3 is 1.42 bits per heavy atom. The summed E-state index contributed by atoms with van der Waals surface area (Å²) in [5, 5.41) is 15.7. The molecule has 0 radical (unpaired) electrons. The van der Waals surface area contributed by atoms with Gasteiger partial charge < -0.3 is 37.5 Å². The number of carbonyl (C=O) groups excluding carboxylic acids is 2. The van der Waals surface area contributed by atoms with E-state index in [1.807, 2.05) is 0 Å². The fourth-order valence-corrected chi connectivity index (χ4v) is 3.01. The normalized spacial score (nSPS) is 11.0. The molecule has 0 spiro atoms. The van der Waals surface area contributed by atoms with Crippen LogP contribution in [0.5, 0.6) is 0 Å². The molecule has 2 aromatic heterocycles. The molecule has 0 atom stereocenters. The second-order valence-electron chi connectivity index (χ2n) is 7.09. The lowest BCUT2D eigenvalue weighted by molar-refractivity contribution is 0.0752. The van der Waals surface area contributed by atoms with Crippen molar-refractivity contribution >= 4 is 11.8 Å². The summed E-state index contributed by atoms with van der Waals surface area (Å²) in [5.74, 6) is -0.516. The molecule has 0 unspecified atom stereocenters. The van der Waals surface area contributed by atoms with Crippen LogP contribution in [0, 0.1) is 0 Å². The predicted molar refractivity (Wildman–Crippen MR) is 119 cm³/mol. The molecule has 2 aromatic rings. The largest absolute Gasteiger partial charge is 0.378 e. The number of nitrogens with two attached hydrogens (primary N) is 4. The van der Waals surface area contributed by atoms with Gasteiger partial charge in [-0.1, -0.05) is 10.4 Å². The molecule has 33 heavy (non-hydrogen) atoms. The number of aromatic nitrogens is 6. The van der Waals surface area contributed by atoms with E-state index in [-0.39, 0.29) is 23.2 Å². The van der Waals surface area contributed by atoms with Crippen LogP contribution in [-0.4, -0.2) is 117 Å². The lowest BCUT2D eigenvalue weighted by Crippen LogP contribution is -2.39. The molecule has 0 aromatic carbocycles. The van der Waals surface area contributed by atoms with Gasteiger partial charge in [0.1, 0.15) is 0 Å². The van der Waals surface area contributed by atoms with E-state index in [9.17, 15) is 9.59 Å². The smallest absolute Gasteiger partial charge is 0.276 e. The summed E-state index contributed by atoms with van der Waals surface area (Å²) >= 11 is 0. The molecule has 184 valence electrons. The van der Waals surface area contributed by atoms with Crippen molar-refractivity contribution in [3.8, 4) is 0 Å². The average Bonchev–Trinajstić information content (AvgIpc) is 3.47. The molecule has 0 aliphatic carbocycles. The van der Waals surface area contributed by atoms with Gasteiger partial charge in [-0.05, 0) is 0 Å². The van der Waals surface area contributed by atoms with E-state index in [0.717, 1.165) is 0 Å². The van der Waals surface area contributed by atoms with Gasteiger partial charge in [0.15, 0.2) is 11.4 Å². The summed E-state index contributed by atoms with van der Waals surface area (Å²) in [6.07, 6.45) is 3.13. The van der Waals surface area contributed by atoms with Gasteiger partial charge in [0.2, 0.25) is 0 Å². The first-order valence-electron chi connectivity index (χ1n) is 10.8. The maximum absolute atomic E-state index is 12.4. The minimum absolute atomic E-state index is 0.232. The zero-order chi connectivity index (χ0) is 24.1. The Morgan fingerprint density at radius 1 is 0.727 bits per heavy atom. The Hall–Kier alpha value is -2.98. The van der Waals surface area contributed by atoms with E-state index >= 15 is 0 Å². The van der Waals surface area contributed by atoms with Crippen molar-refractivity contribution in [2.75, 3.05) is 65.6 Å². The summed E-state index contributed by atoms with van der Waals surface area (Å²) in [4.78, 5) is 28.0. The fourth-order valence-electron chi connectivity index (χ4n) is 3.01. The van der Waals surface area contributed by atoms with Crippen LogP contribution in [0.3, 0.4) is 0 Å². The molecule has 2 amide bonds. The van der Waals surface area contributed by atoms with Crippen molar-refractivity contribution in [3.63, 3.8) is 0 Å². The highest BCUT2D eigenvalue weighted by Gasteiger charge is 2.19. The number of carbonyl (C=O) groups is 2. The molecule has 0 bridgehead atoms. The van der Waals surface area contributed by atoms with Crippen LogP contribution in [0.1, 0.15) is 21.0 Å². The number of rotatable bonds is 16. The first kappa shape index (κ1) is 26.3. The lowest BCUT2D eigenvalue weighted by atomic mass is 10.3. The highest BCUT2D eigenvalue weighted by Crippen LogP contribution is 2.02. The van der Waals surface area contributed by atoms with Crippen LogP contribution in [0.15, 0.2) is 12.4 Å². The van der Waals surface area contributed by atoms with Crippen LogP contribution in [0.4, 0.5) is 0 Å². The third-order valence-electron chi connectivity index (χ3n) is 4.62. The number of nitrogens with zero attached hydrogens (tertiary/aromatic N) is 8. The Labute approximate surface area is 192 Å². The number of amides is 2. The van der Waals surface area contributed by atoms with E-state index in [2.05, 4.69) is 20.6 Å². The summed E-state index contributed by atoms with van der Waals surface area (Å²) in [5.41, 5.74) is 22.6. The van der Waals surface area contributed by atoms with Crippen LogP contribution < -0.4 is 22.9 Å². The van der Waals surface area contributed by atoms with Gasteiger partial charge in [0, 0.05) is 52.4 Å². The Kier molecular flexibility index (Phi) is 11.3. The average molecular weight is 467 g/mol. The molecule has 2 rings (SSSR count). The van der Waals surface area contributed by atoms with Gasteiger partial charge in [0.25, 0.3) is 11.8 Å². The van der Waals surface area contributed by atoms with E-state index in [1.54, 1.807) is 22.2 Å². The van der Waals surface area contributed by atoms with Gasteiger partial charge in [-0.3, -0.25) is 9.59 Å². The van der Waals surface area contributed by atoms with Gasteiger partial charge >= 0.3 is 0 Å². The van der Waals surface area contributed by atoms with E-state index in [1.165, 1.54) is 9.36 Å². The highest BCUT2D eigenvalue weighted by molar-refractivity contribution is 5.92. The minimum atomic E-state index is -0.258. The first-order valence-corrected chi connectivity index (χ1v) is 10.8. The molecule has 0 saturated heterocycles. The van der Waals surface area contributed by atoms with Crippen molar-refractivity contribution in [2.24, 2.45) is 22.9 Å². The number of hydrogen-bond acceptors (Lipinski definition) is 11. The van der Waals surface area contributed by atoms with Crippen LogP contribution >= 0.6 is 0 Å². The monoisotopic (exact) mass is 466 g/mol. The summed E-state index contributed by atoms with van der Waals surface area (Å²) in [6, 6.07) is 0. The van der Waals surface area contributed by atoms with Crippen molar-refractivity contribution in [3.05, 3.63) is 23.8 Å². The van der Waals surface area contributed by atoms with Crippen molar-refractivity contribution in [1.29, 1.82) is 0 Å². The van der Waals surface area contributed by atoms with E-state index in [4.69, 9.17) is 27.7 Å². The summed E-state index contributed by atoms with van der Waals surface area (Å²) in [7, 11) is 0. The van der Waals surface area contributed by atoms with E-state index < -0.39 is 0 Å². The van der Waals surface area contributed by atoms with Gasteiger partial charge in [-0.2, -0.15) is 0 Å². The maximum Gasteiger partial charge on any atom is 0.276 e. The molecule has 0 fully saturated rings. The van der Waals surface area contributed by atoms with Crippen molar-refractivity contribution in [1.82, 2.24) is 39.8 Å². The van der Waals surface area contributed by atoms with Crippen LogP contribution in [-0.2, 0) is 17.8 Å². The third kappa shape index (κ3) is 8.14. The van der Waals surface area contributed by atoms with Crippen LogP contribution in [0.25, 0.3) is 0 Å². The topological polar surface area (TPSA) is 215 Å². The Morgan fingerprint density at radius 2 is 1.09 bits per heavy atom. The lowest BCUT2D eigenvalue weighted by Gasteiger charge is -2.19. The highest BCUT2D eigenvalue weighted by atomic mass is 16.5. The Bertz CT molecular complexity index is 774. The zero-order valence-corrected chi connectivity index (χ0v) is 18.8. The summed E-state index contributed by atoms with van der Waals surface area (Å²) in [6.45, 7) is 4.53. The first-order chi connectivity index (χ1) is 16.0. The molecule has 2 heterocycles. The number of hydrogen-bond donors (Lipinski definition) is 4. The number of ether oxygens (including phenoxy) is 1. The Balaban J connectivity index is 1.75. The van der Waals surface area contributed by atoms with Gasteiger partial charge in [-0.15, -0.1) is 10.2 Å². The quantitative estimate of drug-likeness (QED) is 0.177. The van der Waals surface area contributed by atoms with Gasteiger partial charge in [-0.25, -0.2) is 9.36 Å². The van der Waals surface area contributed by atoms with Crippen molar-refractivity contribution < 1.29 is 14.3 Å². The van der Waals surface area contributed by atoms with E-state index in [0.29, 0.717) is 78.7 Å². The molecule has 15 heteroatoms. The fraction of sp³-hybridized carbons (Fsp3) is 0.667. The SMILES string of the molecule is NCCN(CCN)C(=O)c1cn(CCOCCn2cc(C(=O)N(CCN)CCN)nn2)nn1. The standard InChI is InChI=1S/C18H34N12O3/c19-1-5-27(6-2-20)17(31)15-13-29(25-23-15)9-11-33-12-10-30-14-16(24-26-30)18(32)28(7-3-21)8-4-22/h13-14H,1-12,19-22H2. The molecule has 0 aliphatic rings. The third-order valence-corrected chi connectivity index (χ3v) is 4.62. The second-order valence-corrected chi connectivity index (χ2v) is 7.09. The molecular formula is C18H34N12O3. The molecule has 15 nitrogen and oxygen atoms in total. The zero-order valence-electron chi connectivity index (χ0n) is 18.8. The second kappa shape index (κ2) is 14.2. The predicted octanol–water partition coefficient (Wildman–Crippen LogP) is -3.69. The van der Waals surface area contributed by atoms with Crippen molar-refractivity contribution in [2.45, 2.75) is 13.1 Å². The van der Waals surface area contributed by atoms with Crippen LogP contribution in [0.2, 0.25) is 0 Å². The molecule has 0 aliphatic heterocycles. The van der Waals surface area contributed by atoms with Gasteiger partial charge in [0.05, 0.1) is 38.7 Å². The summed E-state index contributed by atoms with van der Waals surface area (Å²) < 4.78 is 8.66. The molecule has 8 N–H and O–H groups in total. The molecular weight excluding hydrogens is 432 g/mol.